The predicted molar refractivity (Wildman–Crippen MR) is 40.6 cm³/mol. The zero-order chi connectivity index (χ0) is 7.82. The van der Waals surface area contributed by atoms with Gasteiger partial charge >= 0.3 is 0 Å². The van der Waals surface area contributed by atoms with E-state index in [-0.39, 0.29) is 0 Å². The minimum atomic E-state index is 0.583. The van der Waals surface area contributed by atoms with Crippen LogP contribution < -0.4 is 5.73 Å². The predicted octanol–water partition coefficient (Wildman–Crippen LogP) is 0.510. The van der Waals surface area contributed by atoms with Gasteiger partial charge in [0.1, 0.15) is 0 Å². The fourth-order valence-electron chi connectivity index (χ4n) is 0.0962. The number of nitrogens with two attached hydrogens (primary N) is 1. The molecule has 0 amide bonds. The lowest BCUT2D eigenvalue weighted by Gasteiger charge is -1.50. The van der Waals surface area contributed by atoms with Crippen LogP contribution in [0.5, 0.6) is 0 Å². The van der Waals surface area contributed by atoms with E-state index in [1.807, 2.05) is 0 Å². The Morgan fingerprint density at radius 1 is 1.60 bits per heavy atom. The van der Waals surface area contributed by atoms with Gasteiger partial charge in [-0.2, -0.15) is 0 Å². The molecule has 0 bridgehead atoms. The van der Waals surface area contributed by atoms with Crippen LogP contribution in [0.1, 0.15) is 6.92 Å². The Morgan fingerprint density at radius 2 is 1.80 bits per heavy atom. The molecule has 3 heteroatoms. The summed E-state index contributed by atoms with van der Waals surface area (Å²) in [6.07, 6.45) is 1.83. The van der Waals surface area contributed by atoms with Gasteiger partial charge in [-0.3, -0.25) is 0 Å². The van der Waals surface area contributed by atoms with Gasteiger partial charge in [0.25, 0.3) is 0 Å². The molecule has 0 aromatic carbocycles. The quantitative estimate of drug-likeness (QED) is 0.505. The first-order valence-electron chi connectivity index (χ1n) is 3.33. The van der Waals surface area contributed by atoms with Crippen LogP contribution in [0, 0.1) is 0 Å². The van der Waals surface area contributed by atoms with Crippen LogP contribution >= 0.6 is 0 Å². The molecule has 0 aliphatic carbocycles. The third-order valence-electron chi connectivity index (χ3n) is 0.704. The highest BCUT2D eigenvalue weighted by molar-refractivity contribution is 4.58. The summed E-state index contributed by atoms with van der Waals surface area (Å²) in [5, 5.41) is 0. The standard InChI is InChI=1S/C3H6O.C2H5N.C2H4O/c1-3-2-4-3;1-2-3;1-2-3-1/h3H,2H2,1H3;2H,1,3H2;1-2H2. The Morgan fingerprint density at radius 3 is 1.80 bits per heavy atom. The van der Waals surface area contributed by atoms with Gasteiger partial charge < -0.3 is 15.2 Å². The molecule has 60 valence electrons. The summed E-state index contributed by atoms with van der Waals surface area (Å²) in [6.45, 7) is 8.18. The number of ether oxygens (including phenoxy) is 2. The molecule has 2 saturated heterocycles. The smallest absolute Gasteiger partial charge is 0.0781 e. The molecule has 0 radical (unpaired) electrons. The largest absolute Gasteiger partial charge is 0.405 e. The van der Waals surface area contributed by atoms with Crippen LogP contribution in [0.15, 0.2) is 12.8 Å². The minimum Gasteiger partial charge on any atom is -0.405 e. The van der Waals surface area contributed by atoms with Gasteiger partial charge in [0.15, 0.2) is 0 Å². The highest BCUT2D eigenvalue weighted by Gasteiger charge is 2.13. The molecule has 1 unspecified atom stereocenters. The molecule has 10 heavy (non-hydrogen) atoms. The van der Waals surface area contributed by atoms with Gasteiger partial charge in [-0.15, -0.1) is 0 Å². The zero-order valence-corrected chi connectivity index (χ0v) is 6.38. The van der Waals surface area contributed by atoms with E-state index in [1.54, 1.807) is 0 Å². The van der Waals surface area contributed by atoms with Gasteiger partial charge in [0, 0.05) is 0 Å². The number of epoxide rings is 2. The van der Waals surface area contributed by atoms with Crippen molar-refractivity contribution in [2.75, 3.05) is 19.8 Å². The fourth-order valence-corrected chi connectivity index (χ4v) is 0.0962. The first-order chi connectivity index (χ1) is 4.81. The molecule has 1 atom stereocenters. The fraction of sp³-hybridized carbons (Fsp3) is 0.714. The van der Waals surface area contributed by atoms with Crippen molar-refractivity contribution in [2.45, 2.75) is 13.0 Å². The lowest BCUT2D eigenvalue weighted by Crippen LogP contribution is -1.67. The van der Waals surface area contributed by atoms with Gasteiger partial charge in [-0.25, -0.2) is 0 Å². The number of hydrogen-bond donors (Lipinski definition) is 1. The second kappa shape index (κ2) is 6.58. The average molecular weight is 145 g/mol. The summed E-state index contributed by atoms with van der Waals surface area (Å²) in [4.78, 5) is 0. The molecule has 2 heterocycles. The lowest BCUT2D eigenvalue weighted by molar-refractivity contribution is 0.423. The number of rotatable bonds is 0. The normalized spacial score (nSPS) is 24.3. The van der Waals surface area contributed by atoms with E-state index in [1.165, 1.54) is 6.20 Å². The number of hydrogen-bond acceptors (Lipinski definition) is 3. The van der Waals surface area contributed by atoms with E-state index >= 15 is 0 Å². The topological polar surface area (TPSA) is 51.1 Å². The Bertz CT molecular complexity index is 76.9. The second-order valence-corrected chi connectivity index (χ2v) is 1.99. The zero-order valence-electron chi connectivity index (χ0n) is 6.38. The summed E-state index contributed by atoms with van der Waals surface area (Å²) < 4.78 is 9.21. The van der Waals surface area contributed by atoms with Crippen LogP contribution in [0.2, 0.25) is 0 Å². The van der Waals surface area contributed by atoms with Crippen LogP contribution in [-0.2, 0) is 9.47 Å². The van der Waals surface area contributed by atoms with Crippen LogP contribution in [0.25, 0.3) is 0 Å². The van der Waals surface area contributed by atoms with Gasteiger partial charge in [0.05, 0.1) is 25.9 Å². The summed E-state index contributed by atoms with van der Waals surface area (Å²) in [5.74, 6) is 0. The molecule has 2 N–H and O–H groups in total. The van der Waals surface area contributed by atoms with Gasteiger partial charge in [0.2, 0.25) is 0 Å². The minimum absolute atomic E-state index is 0.583. The van der Waals surface area contributed by atoms with Crippen molar-refractivity contribution in [3.05, 3.63) is 12.8 Å². The molecule has 0 aromatic heterocycles. The molecule has 0 spiro atoms. The third-order valence-corrected chi connectivity index (χ3v) is 0.704. The molecule has 2 aliphatic heterocycles. The summed E-state index contributed by atoms with van der Waals surface area (Å²) in [6, 6.07) is 0. The van der Waals surface area contributed by atoms with Crippen LogP contribution in [-0.4, -0.2) is 25.9 Å². The maximum absolute atomic E-state index is 4.71. The van der Waals surface area contributed by atoms with E-state index in [2.05, 4.69) is 24.0 Å². The summed E-state index contributed by atoms with van der Waals surface area (Å²) >= 11 is 0. The van der Waals surface area contributed by atoms with Crippen molar-refractivity contribution in [2.24, 2.45) is 5.73 Å². The van der Waals surface area contributed by atoms with E-state index in [0.29, 0.717) is 6.10 Å². The first kappa shape index (κ1) is 9.46. The molecule has 2 fully saturated rings. The SMILES string of the molecule is C1CO1.C=CN.CC1CO1. The molecule has 3 nitrogen and oxygen atoms in total. The molecule has 0 aromatic rings. The highest BCUT2D eigenvalue weighted by atomic mass is 16.6. The van der Waals surface area contributed by atoms with Crippen molar-refractivity contribution in [1.29, 1.82) is 0 Å². The van der Waals surface area contributed by atoms with Crippen molar-refractivity contribution >= 4 is 0 Å². The Kier molecular flexibility index (Phi) is 6.22. The van der Waals surface area contributed by atoms with E-state index in [9.17, 15) is 0 Å². The third kappa shape index (κ3) is 26.0. The molecule has 2 aliphatic rings. The van der Waals surface area contributed by atoms with E-state index in [4.69, 9.17) is 4.74 Å². The maximum Gasteiger partial charge on any atom is 0.0781 e. The Balaban J connectivity index is 0.000000124. The molecule has 0 saturated carbocycles. The molecular weight excluding hydrogens is 130 g/mol. The monoisotopic (exact) mass is 145 g/mol. The van der Waals surface area contributed by atoms with Crippen molar-refractivity contribution in [1.82, 2.24) is 0 Å². The van der Waals surface area contributed by atoms with Gasteiger partial charge in [-0.05, 0) is 13.1 Å². The maximum atomic E-state index is 4.71. The molecule has 2 rings (SSSR count). The van der Waals surface area contributed by atoms with Gasteiger partial charge in [-0.1, -0.05) is 6.58 Å². The van der Waals surface area contributed by atoms with E-state index < -0.39 is 0 Å². The van der Waals surface area contributed by atoms with Crippen LogP contribution in [0.3, 0.4) is 0 Å². The molecular formula is C7H15NO2. The van der Waals surface area contributed by atoms with Crippen LogP contribution in [0.4, 0.5) is 0 Å². The van der Waals surface area contributed by atoms with Crippen molar-refractivity contribution in [3.63, 3.8) is 0 Å². The second-order valence-electron chi connectivity index (χ2n) is 1.99. The average Bonchev–Trinajstić information content (AvgIpc) is 2.63. The Hall–Kier alpha value is -0.540. The van der Waals surface area contributed by atoms with Crippen molar-refractivity contribution in [3.8, 4) is 0 Å². The summed E-state index contributed by atoms with van der Waals surface area (Å²) in [7, 11) is 0. The first-order valence-corrected chi connectivity index (χ1v) is 3.33. The van der Waals surface area contributed by atoms with E-state index in [0.717, 1.165) is 19.8 Å². The lowest BCUT2D eigenvalue weighted by atomic mass is 10.6. The van der Waals surface area contributed by atoms with Crippen molar-refractivity contribution < 1.29 is 9.47 Å². The summed E-state index contributed by atoms with van der Waals surface area (Å²) in [5.41, 5.74) is 4.61. The Labute approximate surface area is 61.8 Å². The highest BCUT2D eigenvalue weighted by Crippen LogP contribution is 2.04.